The maximum absolute atomic E-state index is 12.1. The zero-order valence-corrected chi connectivity index (χ0v) is 14.2. The molecule has 1 aromatic carbocycles. The highest BCUT2D eigenvalue weighted by Crippen LogP contribution is 2.39. The molecule has 22 heavy (non-hydrogen) atoms. The summed E-state index contributed by atoms with van der Waals surface area (Å²) in [5, 5.41) is 2.35. The zero-order chi connectivity index (χ0) is 16.8. The number of nitrogens with one attached hydrogen (secondary N) is 1. The monoisotopic (exact) mass is 329 g/mol. The second kappa shape index (κ2) is 8.32. The smallest absolute Gasteiger partial charge is 0.456 e. The highest BCUT2D eigenvalue weighted by molar-refractivity contribution is 7.51. The van der Waals surface area contributed by atoms with Crippen molar-refractivity contribution in [2.45, 2.75) is 46.3 Å². The van der Waals surface area contributed by atoms with Gasteiger partial charge in [0.25, 0.3) is 0 Å². The van der Waals surface area contributed by atoms with Crippen molar-refractivity contribution in [1.82, 2.24) is 5.09 Å². The molecule has 0 aliphatic carbocycles. The van der Waals surface area contributed by atoms with E-state index < -0.39 is 19.8 Å². The Balaban J connectivity index is 2.67. The first-order valence-corrected chi connectivity index (χ1v) is 8.88. The van der Waals surface area contributed by atoms with Crippen LogP contribution in [0.1, 0.15) is 34.1 Å². The Kier molecular flexibility index (Phi) is 7.07. The van der Waals surface area contributed by atoms with Gasteiger partial charge in [-0.05, 0) is 31.4 Å². The van der Waals surface area contributed by atoms with Crippen molar-refractivity contribution in [1.29, 1.82) is 0 Å². The van der Waals surface area contributed by atoms with Crippen molar-refractivity contribution in [3.63, 3.8) is 0 Å². The molecular weight excluding hydrogens is 305 g/mol. The lowest BCUT2D eigenvalue weighted by Gasteiger charge is -2.23. The number of para-hydroxylation sites is 1. The first-order chi connectivity index (χ1) is 10.2. The fraction of sp³-hybridized carbons (Fsp3) is 0.533. The number of rotatable bonds is 8. The molecule has 0 saturated carbocycles. The van der Waals surface area contributed by atoms with Crippen LogP contribution in [0.5, 0.6) is 5.75 Å². The summed E-state index contributed by atoms with van der Waals surface area (Å²) in [6.07, 6.45) is 0.0447. The van der Waals surface area contributed by atoms with Crippen molar-refractivity contribution in [3.8, 4) is 5.75 Å². The van der Waals surface area contributed by atoms with Crippen LogP contribution in [-0.2, 0) is 14.1 Å². The molecule has 6 nitrogen and oxygen atoms in total. The Bertz CT molecular complexity index is 520. The average Bonchev–Trinajstić information content (AvgIpc) is 2.45. The lowest BCUT2D eigenvalue weighted by Crippen LogP contribution is -2.38. The molecule has 124 valence electrons. The Morgan fingerprint density at radius 1 is 1.27 bits per heavy atom. The van der Waals surface area contributed by atoms with E-state index in [1.807, 2.05) is 13.8 Å². The zero-order valence-electron chi connectivity index (χ0n) is 13.4. The first-order valence-electron chi connectivity index (χ1n) is 7.31. The fourth-order valence-corrected chi connectivity index (χ4v) is 2.70. The van der Waals surface area contributed by atoms with E-state index >= 15 is 0 Å². The van der Waals surface area contributed by atoms with Crippen LogP contribution in [0.2, 0.25) is 0 Å². The van der Waals surface area contributed by atoms with E-state index in [4.69, 9.17) is 9.26 Å². The molecule has 1 rings (SSSR count). The van der Waals surface area contributed by atoms with Gasteiger partial charge in [0.05, 0.1) is 0 Å². The molecule has 0 aliphatic rings. The minimum atomic E-state index is -4.16. The topological polar surface area (TPSA) is 84.9 Å². The second-order valence-corrected chi connectivity index (χ2v) is 6.88. The van der Waals surface area contributed by atoms with Crippen molar-refractivity contribution in [2.75, 3.05) is 0 Å². The van der Waals surface area contributed by atoms with Gasteiger partial charge in [0.1, 0.15) is 17.9 Å². The molecule has 0 aliphatic heterocycles. The summed E-state index contributed by atoms with van der Waals surface area (Å²) in [6.45, 7) is 7.37. The van der Waals surface area contributed by atoms with Crippen LogP contribution >= 0.6 is 7.75 Å². The van der Waals surface area contributed by atoms with Crippen LogP contribution in [0, 0.1) is 5.92 Å². The number of benzene rings is 1. The quantitative estimate of drug-likeness (QED) is 0.563. The standard InChI is InChI=1S/C15H24NO5P/c1-5-14(15(17)20-12(4)11(2)3)16-22(18,19)21-13-9-7-6-8-10-13/h6-12,14H,5H2,1-4H3,(H2,16,18,19)/t12?,14-/m0/s1. The van der Waals surface area contributed by atoms with Crippen LogP contribution in [0.3, 0.4) is 0 Å². The van der Waals surface area contributed by atoms with Gasteiger partial charge in [-0.3, -0.25) is 4.79 Å². The third kappa shape index (κ3) is 6.18. The molecule has 0 radical (unpaired) electrons. The maximum Gasteiger partial charge on any atom is 0.456 e. The number of carbonyl (C=O) groups is 1. The van der Waals surface area contributed by atoms with E-state index in [9.17, 15) is 14.3 Å². The number of ether oxygens (including phenoxy) is 1. The molecule has 7 heteroatoms. The predicted molar refractivity (Wildman–Crippen MR) is 84.5 cm³/mol. The predicted octanol–water partition coefficient (Wildman–Crippen LogP) is 3.12. The fourth-order valence-electron chi connectivity index (χ4n) is 1.56. The third-order valence-corrected chi connectivity index (χ3v) is 4.32. The van der Waals surface area contributed by atoms with Gasteiger partial charge in [-0.15, -0.1) is 0 Å². The lowest BCUT2D eigenvalue weighted by atomic mass is 10.1. The van der Waals surface area contributed by atoms with E-state index in [2.05, 4.69) is 5.09 Å². The Labute approximate surface area is 131 Å². The minimum absolute atomic E-state index is 0.169. The van der Waals surface area contributed by atoms with Crippen LogP contribution in [0.4, 0.5) is 0 Å². The van der Waals surface area contributed by atoms with Gasteiger partial charge >= 0.3 is 13.7 Å². The van der Waals surface area contributed by atoms with Gasteiger partial charge in [0, 0.05) is 0 Å². The Morgan fingerprint density at radius 2 is 1.86 bits per heavy atom. The lowest BCUT2D eigenvalue weighted by molar-refractivity contribution is -0.152. The number of hydrogen-bond donors (Lipinski definition) is 2. The van der Waals surface area contributed by atoms with Crippen molar-refractivity contribution >= 4 is 13.7 Å². The van der Waals surface area contributed by atoms with Gasteiger partial charge in [-0.25, -0.2) is 4.57 Å². The van der Waals surface area contributed by atoms with E-state index in [0.717, 1.165) is 0 Å². The molecule has 3 atom stereocenters. The largest absolute Gasteiger partial charge is 0.461 e. The summed E-state index contributed by atoms with van der Waals surface area (Å²) in [6, 6.07) is 7.36. The molecule has 0 aromatic heterocycles. The number of hydrogen-bond acceptors (Lipinski definition) is 4. The highest BCUT2D eigenvalue weighted by atomic mass is 31.2. The molecule has 0 amide bonds. The molecule has 0 bridgehead atoms. The minimum Gasteiger partial charge on any atom is -0.461 e. The van der Waals surface area contributed by atoms with Crippen LogP contribution in [0.25, 0.3) is 0 Å². The SMILES string of the molecule is CC[C@H](NP(=O)(O)Oc1ccccc1)C(=O)OC(C)C(C)C. The molecule has 1 aromatic rings. The van der Waals surface area contributed by atoms with E-state index in [1.54, 1.807) is 44.2 Å². The Hall–Kier alpha value is -1.36. The Morgan fingerprint density at radius 3 is 2.36 bits per heavy atom. The van der Waals surface area contributed by atoms with E-state index in [-0.39, 0.29) is 17.8 Å². The summed E-state index contributed by atoms with van der Waals surface area (Å²) in [4.78, 5) is 21.9. The number of esters is 1. The summed E-state index contributed by atoms with van der Waals surface area (Å²) in [5.41, 5.74) is 0. The molecule has 2 N–H and O–H groups in total. The average molecular weight is 329 g/mol. The summed E-state index contributed by atoms with van der Waals surface area (Å²) in [7, 11) is -4.16. The molecule has 0 spiro atoms. The van der Waals surface area contributed by atoms with Crippen molar-refractivity contribution in [2.24, 2.45) is 5.92 Å². The molecule has 0 saturated heterocycles. The maximum atomic E-state index is 12.1. The molecule has 2 unspecified atom stereocenters. The van der Waals surface area contributed by atoms with Gasteiger partial charge in [-0.1, -0.05) is 39.0 Å². The van der Waals surface area contributed by atoms with Crippen molar-refractivity contribution in [3.05, 3.63) is 30.3 Å². The molecule has 0 fully saturated rings. The summed E-state index contributed by atoms with van der Waals surface area (Å²) >= 11 is 0. The summed E-state index contributed by atoms with van der Waals surface area (Å²) in [5.74, 6) is -0.141. The normalized spacial score (nSPS) is 16.6. The van der Waals surface area contributed by atoms with E-state index in [1.165, 1.54) is 0 Å². The number of carbonyl (C=O) groups excluding carboxylic acids is 1. The van der Waals surface area contributed by atoms with E-state index in [0.29, 0.717) is 6.42 Å². The molecule has 0 heterocycles. The highest BCUT2D eigenvalue weighted by Gasteiger charge is 2.31. The van der Waals surface area contributed by atoms with Gasteiger partial charge in [-0.2, -0.15) is 5.09 Å². The third-order valence-electron chi connectivity index (χ3n) is 3.22. The van der Waals surface area contributed by atoms with Crippen molar-refractivity contribution < 1.29 is 23.5 Å². The van der Waals surface area contributed by atoms with Crippen LogP contribution in [-0.4, -0.2) is 23.0 Å². The van der Waals surface area contributed by atoms with Gasteiger partial charge in [0.15, 0.2) is 0 Å². The first kappa shape index (κ1) is 18.7. The second-order valence-electron chi connectivity index (χ2n) is 5.40. The van der Waals surface area contributed by atoms with Gasteiger partial charge < -0.3 is 14.2 Å². The molecular formula is C15H24NO5P. The van der Waals surface area contributed by atoms with Crippen LogP contribution in [0.15, 0.2) is 30.3 Å². The van der Waals surface area contributed by atoms with Gasteiger partial charge in [0.2, 0.25) is 0 Å². The van der Waals surface area contributed by atoms with Crippen LogP contribution < -0.4 is 9.61 Å². The summed E-state index contributed by atoms with van der Waals surface area (Å²) < 4.78 is 22.4.